The van der Waals surface area contributed by atoms with Crippen LogP contribution in [0.15, 0.2) is 0 Å². The standard InChI is InChI=1S/C17H29NO/c1-12-2-7-16(19-12)10-17(11-18-15-5-6-15)9-13-3-4-14(17)8-13/h12-16,18H,2-11H2,1H3. The maximum Gasteiger partial charge on any atom is 0.0585 e. The molecule has 1 heterocycles. The third-order valence-electron chi connectivity index (χ3n) is 6.38. The van der Waals surface area contributed by atoms with Gasteiger partial charge in [0.05, 0.1) is 12.2 Å². The van der Waals surface area contributed by atoms with Crippen molar-refractivity contribution in [3.63, 3.8) is 0 Å². The molecule has 0 spiro atoms. The maximum atomic E-state index is 6.15. The normalized spacial score (nSPS) is 49.1. The van der Waals surface area contributed by atoms with Crippen LogP contribution in [0.3, 0.4) is 0 Å². The molecule has 5 atom stereocenters. The highest BCUT2D eigenvalue weighted by Crippen LogP contribution is 2.58. The van der Waals surface area contributed by atoms with Crippen molar-refractivity contribution in [2.75, 3.05) is 6.54 Å². The van der Waals surface area contributed by atoms with Gasteiger partial charge in [0.15, 0.2) is 0 Å². The molecule has 5 unspecified atom stereocenters. The summed E-state index contributed by atoms with van der Waals surface area (Å²) >= 11 is 0. The monoisotopic (exact) mass is 263 g/mol. The van der Waals surface area contributed by atoms with Crippen molar-refractivity contribution in [3.05, 3.63) is 0 Å². The van der Waals surface area contributed by atoms with Crippen LogP contribution in [-0.4, -0.2) is 24.8 Å². The summed E-state index contributed by atoms with van der Waals surface area (Å²) in [6, 6.07) is 0.861. The van der Waals surface area contributed by atoms with E-state index in [9.17, 15) is 0 Å². The fourth-order valence-corrected chi connectivity index (χ4v) is 5.22. The quantitative estimate of drug-likeness (QED) is 0.819. The summed E-state index contributed by atoms with van der Waals surface area (Å²) in [6.45, 7) is 3.53. The van der Waals surface area contributed by atoms with E-state index in [0.717, 1.165) is 17.9 Å². The largest absolute Gasteiger partial charge is 0.375 e. The summed E-state index contributed by atoms with van der Waals surface area (Å²) in [4.78, 5) is 0. The fraction of sp³-hybridized carbons (Fsp3) is 1.00. The summed E-state index contributed by atoms with van der Waals surface area (Å²) in [5.74, 6) is 2.05. The van der Waals surface area contributed by atoms with Gasteiger partial charge in [-0.15, -0.1) is 0 Å². The molecule has 19 heavy (non-hydrogen) atoms. The number of ether oxygens (including phenoxy) is 1. The van der Waals surface area contributed by atoms with Crippen LogP contribution in [-0.2, 0) is 4.74 Å². The second kappa shape index (κ2) is 4.73. The zero-order chi connectivity index (χ0) is 12.9. The van der Waals surface area contributed by atoms with Crippen LogP contribution in [0.1, 0.15) is 64.7 Å². The minimum Gasteiger partial charge on any atom is -0.375 e. The number of rotatable bonds is 5. The van der Waals surface area contributed by atoms with Crippen molar-refractivity contribution >= 4 is 0 Å². The van der Waals surface area contributed by atoms with Crippen LogP contribution in [0.4, 0.5) is 0 Å². The molecule has 4 fully saturated rings. The Hall–Kier alpha value is -0.0800. The van der Waals surface area contributed by atoms with Crippen molar-refractivity contribution < 1.29 is 4.74 Å². The molecule has 2 bridgehead atoms. The molecular weight excluding hydrogens is 234 g/mol. The summed E-state index contributed by atoms with van der Waals surface area (Å²) < 4.78 is 6.15. The molecule has 0 aromatic heterocycles. The third-order valence-corrected chi connectivity index (χ3v) is 6.38. The first-order chi connectivity index (χ1) is 9.23. The van der Waals surface area contributed by atoms with E-state index in [4.69, 9.17) is 4.74 Å². The average Bonchev–Trinajstić information content (AvgIpc) is 2.80. The second-order valence-electron chi connectivity index (χ2n) is 7.95. The zero-order valence-electron chi connectivity index (χ0n) is 12.4. The molecular formula is C17H29NO. The van der Waals surface area contributed by atoms with Gasteiger partial charge in [0, 0.05) is 12.6 Å². The van der Waals surface area contributed by atoms with Gasteiger partial charge in [-0.05, 0) is 75.5 Å². The topological polar surface area (TPSA) is 21.3 Å². The van der Waals surface area contributed by atoms with Crippen molar-refractivity contribution in [1.29, 1.82) is 0 Å². The van der Waals surface area contributed by atoms with Gasteiger partial charge in [0.25, 0.3) is 0 Å². The Morgan fingerprint density at radius 2 is 2.00 bits per heavy atom. The Balaban J connectivity index is 1.44. The molecule has 1 aliphatic heterocycles. The highest BCUT2D eigenvalue weighted by Gasteiger charge is 2.52. The van der Waals surface area contributed by atoms with Crippen molar-refractivity contribution in [2.45, 2.75) is 83.0 Å². The summed E-state index contributed by atoms with van der Waals surface area (Å²) in [7, 11) is 0. The van der Waals surface area contributed by atoms with Gasteiger partial charge < -0.3 is 10.1 Å². The lowest BCUT2D eigenvalue weighted by atomic mass is 9.69. The predicted octanol–water partition coefficient (Wildman–Crippen LogP) is 3.50. The lowest BCUT2D eigenvalue weighted by molar-refractivity contribution is 0.00434. The Kier molecular flexibility index (Phi) is 3.15. The molecule has 108 valence electrons. The van der Waals surface area contributed by atoms with Gasteiger partial charge >= 0.3 is 0 Å². The molecule has 4 rings (SSSR count). The van der Waals surface area contributed by atoms with Crippen LogP contribution < -0.4 is 5.32 Å². The highest BCUT2D eigenvalue weighted by atomic mass is 16.5. The van der Waals surface area contributed by atoms with Gasteiger partial charge in [-0.25, -0.2) is 0 Å². The Morgan fingerprint density at radius 1 is 1.11 bits per heavy atom. The van der Waals surface area contributed by atoms with Crippen LogP contribution in [0.25, 0.3) is 0 Å². The number of nitrogens with one attached hydrogen (secondary N) is 1. The molecule has 3 aliphatic carbocycles. The molecule has 2 heteroatoms. The molecule has 3 saturated carbocycles. The van der Waals surface area contributed by atoms with Crippen LogP contribution in [0, 0.1) is 17.3 Å². The first kappa shape index (κ1) is 12.6. The van der Waals surface area contributed by atoms with Crippen LogP contribution in [0.5, 0.6) is 0 Å². The van der Waals surface area contributed by atoms with E-state index >= 15 is 0 Å². The summed E-state index contributed by atoms with van der Waals surface area (Å²) in [5, 5.41) is 3.85. The van der Waals surface area contributed by atoms with E-state index < -0.39 is 0 Å². The smallest absolute Gasteiger partial charge is 0.0585 e. The molecule has 0 aromatic carbocycles. The van der Waals surface area contributed by atoms with Gasteiger partial charge in [-0.2, -0.15) is 0 Å². The molecule has 2 nitrogen and oxygen atoms in total. The maximum absolute atomic E-state index is 6.15. The van der Waals surface area contributed by atoms with Gasteiger partial charge in [-0.1, -0.05) is 6.42 Å². The highest BCUT2D eigenvalue weighted by molar-refractivity contribution is 5.03. The first-order valence-electron chi connectivity index (χ1n) is 8.62. The van der Waals surface area contributed by atoms with E-state index in [-0.39, 0.29) is 0 Å². The van der Waals surface area contributed by atoms with Gasteiger partial charge in [-0.3, -0.25) is 0 Å². The molecule has 0 radical (unpaired) electrons. The molecule has 1 saturated heterocycles. The van der Waals surface area contributed by atoms with Crippen molar-refractivity contribution in [3.8, 4) is 0 Å². The van der Waals surface area contributed by atoms with E-state index in [0.29, 0.717) is 17.6 Å². The van der Waals surface area contributed by atoms with Gasteiger partial charge in [0.1, 0.15) is 0 Å². The Labute approximate surface area is 117 Å². The third kappa shape index (κ3) is 2.47. The Bertz CT molecular complexity index is 340. The lowest BCUT2D eigenvalue weighted by Crippen LogP contribution is -2.42. The number of fused-ring (bicyclic) bond motifs is 2. The first-order valence-corrected chi connectivity index (χ1v) is 8.62. The van der Waals surface area contributed by atoms with Crippen LogP contribution >= 0.6 is 0 Å². The number of hydrogen-bond donors (Lipinski definition) is 1. The predicted molar refractivity (Wildman–Crippen MR) is 77.1 cm³/mol. The zero-order valence-corrected chi connectivity index (χ0v) is 12.4. The summed E-state index contributed by atoms with van der Waals surface area (Å²) in [5.41, 5.74) is 0.597. The molecule has 4 aliphatic rings. The van der Waals surface area contributed by atoms with E-state index in [1.54, 1.807) is 0 Å². The molecule has 0 amide bonds. The molecule has 0 aromatic rings. The Morgan fingerprint density at radius 3 is 2.58 bits per heavy atom. The minimum absolute atomic E-state index is 0.511. The fourth-order valence-electron chi connectivity index (χ4n) is 5.22. The van der Waals surface area contributed by atoms with Gasteiger partial charge in [0.2, 0.25) is 0 Å². The van der Waals surface area contributed by atoms with Crippen LogP contribution in [0.2, 0.25) is 0 Å². The second-order valence-corrected chi connectivity index (χ2v) is 7.95. The minimum atomic E-state index is 0.511. The van der Waals surface area contributed by atoms with E-state index in [2.05, 4.69) is 12.2 Å². The van der Waals surface area contributed by atoms with Crippen molar-refractivity contribution in [2.24, 2.45) is 17.3 Å². The average molecular weight is 263 g/mol. The lowest BCUT2D eigenvalue weighted by Gasteiger charge is -2.40. The van der Waals surface area contributed by atoms with Crippen molar-refractivity contribution in [1.82, 2.24) is 5.32 Å². The molecule has 1 N–H and O–H groups in total. The number of hydrogen-bond acceptors (Lipinski definition) is 2. The van der Waals surface area contributed by atoms with E-state index in [1.165, 1.54) is 64.3 Å². The van der Waals surface area contributed by atoms with E-state index in [1.807, 2.05) is 0 Å². The SMILES string of the molecule is CC1CCC(CC2(CNC3CC3)CC3CCC2C3)O1. The summed E-state index contributed by atoms with van der Waals surface area (Å²) in [6.07, 6.45) is 13.9.